The fourth-order valence-electron chi connectivity index (χ4n) is 3.76. The van der Waals surface area contributed by atoms with Crippen LogP contribution in [0.4, 0.5) is 0 Å². The number of nitrogens with one attached hydrogen (secondary N) is 1. The van der Waals surface area contributed by atoms with Crippen LogP contribution in [0.15, 0.2) is 55.0 Å². The van der Waals surface area contributed by atoms with Crippen molar-refractivity contribution >= 4 is 0 Å². The van der Waals surface area contributed by atoms with E-state index in [2.05, 4.69) is 57.3 Å². The molecule has 0 unspecified atom stereocenters. The smallest absolute Gasteiger partial charge is 0.0568 e. The summed E-state index contributed by atoms with van der Waals surface area (Å²) in [5.74, 6) is 0.504. The summed E-state index contributed by atoms with van der Waals surface area (Å²) in [6.45, 7) is 5.31. The van der Waals surface area contributed by atoms with Gasteiger partial charge in [0.1, 0.15) is 0 Å². The third-order valence-corrected chi connectivity index (χ3v) is 5.07. The maximum absolute atomic E-state index is 4.35. The van der Waals surface area contributed by atoms with E-state index in [0.29, 0.717) is 5.92 Å². The first kappa shape index (κ1) is 16.0. The topological polar surface area (TPSA) is 44.8 Å². The lowest BCUT2D eigenvalue weighted by Crippen LogP contribution is -2.34. The van der Waals surface area contributed by atoms with E-state index in [1.54, 1.807) is 0 Å². The molecule has 0 radical (unpaired) electrons. The van der Waals surface area contributed by atoms with Crippen LogP contribution in [-0.2, 0) is 6.54 Å². The number of likely N-dealkylation sites (tertiary alicyclic amines) is 1. The quantitative estimate of drug-likeness (QED) is 0.780. The van der Waals surface area contributed by atoms with Gasteiger partial charge in [-0.15, -0.1) is 0 Å². The Hall–Kier alpha value is -2.46. The molecule has 1 N–H and O–H groups in total. The molecular formula is C21H24N4. The van der Waals surface area contributed by atoms with Crippen LogP contribution in [0.2, 0.25) is 0 Å². The van der Waals surface area contributed by atoms with Crippen LogP contribution < -0.4 is 0 Å². The molecule has 1 aromatic carbocycles. The molecule has 3 heterocycles. The van der Waals surface area contributed by atoms with Crippen molar-refractivity contribution in [2.24, 2.45) is 0 Å². The van der Waals surface area contributed by atoms with Crippen molar-refractivity contribution in [1.29, 1.82) is 0 Å². The molecule has 0 bridgehead atoms. The number of hydrogen-bond acceptors (Lipinski definition) is 3. The van der Waals surface area contributed by atoms with Crippen LogP contribution >= 0.6 is 0 Å². The zero-order chi connectivity index (χ0) is 17.1. The molecule has 1 saturated heterocycles. The van der Waals surface area contributed by atoms with Gasteiger partial charge in [-0.2, -0.15) is 5.10 Å². The van der Waals surface area contributed by atoms with Crippen molar-refractivity contribution in [2.75, 3.05) is 13.1 Å². The summed E-state index contributed by atoms with van der Waals surface area (Å²) >= 11 is 0. The van der Waals surface area contributed by atoms with Gasteiger partial charge in [0.25, 0.3) is 0 Å². The number of piperidine rings is 1. The number of pyridine rings is 1. The van der Waals surface area contributed by atoms with Crippen molar-refractivity contribution < 1.29 is 0 Å². The first-order valence-electron chi connectivity index (χ1n) is 9.01. The van der Waals surface area contributed by atoms with Gasteiger partial charge in [0, 0.05) is 42.7 Å². The maximum Gasteiger partial charge on any atom is 0.0568 e. The number of benzene rings is 1. The summed E-state index contributed by atoms with van der Waals surface area (Å²) in [5.41, 5.74) is 6.34. The van der Waals surface area contributed by atoms with Crippen LogP contribution in [0.5, 0.6) is 0 Å². The van der Waals surface area contributed by atoms with Gasteiger partial charge in [0.15, 0.2) is 0 Å². The molecule has 4 heteroatoms. The minimum absolute atomic E-state index is 0.504. The van der Waals surface area contributed by atoms with E-state index in [-0.39, 0.29) is 0 Å². The number of nitrogens with zero attached hydrogens (tertiary/aromatic N) is 3. The number of aromatic nitrogens is 3. The molecular weight excluding hydrogens is 308 g/mol. The molecule has 4 rings (SSSR count). The van der Waals surface area contributed by atoms with Gasteiger partial charge < -0.3 is 0 Å². The Bertz CT molecular complexity index is 807. The lowest BCUT2D eigenvalue weighted by molar-refractivity contribution is 0.198. The summed E-state index contributed by atoms with van der Waals surface area (Å²) in [6, 6.07) is 12.9. The largest absolute Gasteiger partial charge is 0.298 e. The number of aromatic amines is 1. The molecule has 0 spiro atoms. The monoisotopic (exact) mass is 332 g/mol. The fraction of sp³-hybridized carbons (Fsp3) is 0.333. The highest BCUT2D eigenvalue weighted by Gasteiger charge is 2.25. The summed E-state index contributed by atoms with van der Waals surface area (Å²) in [6.07, 6.45) is 8.21. The number of rotatable bonds is 4. The van der Waals surface area contributed by atoms with E-state index >= 15 is 0 Å². The Labute approximate surface area is 148 Å². The standard InChI is InChI=1S/C21H24N4/c1-16-6-8-18(9-7-16)20-13-23-24-21(20)19-5-3-11-25(15-19)14-17-4-2-10-22-12-17/h2,4,6-10,12-13,19H,3,5,11,14-15H2,1H3,(H,23,24)/t19-/m1/s1. The Morgan fingerprint density at radius 3 is 2.84 bits per heavy atom. The molecule has 0 aliphatic carbocycles. The highest BCUT2D eigenvalue weighted by Crippen LogP contribution is 2.33. The summed E-state index contributed by atoms with van der Waals surface area (Å²) in [5, 5.41) is 7.64. The van der Waals surface area contributed by atoms with E-state index in [1.807, 2.05) is 24.7 Å². The number of H-pyrrole nitrogens is 1. The molecule has 128 valence electrons. The second kappa shape index (κ2) is 7.19. The minimum atomic E-state index is 0.504. The van der Waals surface area contributed by atoms with Crippen LogP contribution in [0.3, 0.4) is 0 Å². The van der Waals surface area contributed by atoms with Crippen LogP contribution in [0, 0.1) is 6.92 Å². The molecule has 2 aromatic heterocycles. The SMILES string of the molecule is Cc1ccc(-c2cn[nH]c2[C@@H]2CCCN(Cc3cccnc3)C2)cc1. The predicted octanol–water partition coefficient (Wildman–Crippen LogP) is 4.16. The van der Waals surface area contributed by atoms with Gasteiger partial charge in [-0.1, -0.05) is 35.9 Å². The van der Waals surface area contributed by atoms with Crippen molar-refractivity contribution in [1.82, 2.24) is 20.1 Å². The Morgan fingerprint density at radius 1 is 1.16 bits per heavy atom. The lowest BCUT2D eigenvalue weighted by atomic mass is 9.90. The predicted molar refractivity (Wildman–Crippen MR) is 100 cm³/mol. The number of aryl methyl sites for hydroxylation is 1. The van der Waals surface area contributed by atoms with Crippen LogP contribution in [-0.4, -0.2) is 33.2 Å². The molecule has 1 atom stereocenters. The zero-order valence-electron chi connectivity index (χ0n) is 14.7. The van der Waals surface area contributed by atoms with Gasteiger partial charge in [0.05, 0.1) is 6.20 Å². The van der Waals surface area contributed by atoms with E-state index in [0.717, 1.165) is 19.6 Å². The molecule has 1 aliphatic rings. The second-order valence-electron chi connectivity index (χ2n) is 7.00. The molecule has 3 aromatic rings. The van der Waals surface area contributed by atoms with Gasteiger partial charge >= 0.3 is 0 Å². The molecule has 0 amide bonds. The minimum Gasteiger partial charge on any atom is -0.298 e. The summed E-state index contributed by atoms with van der Waals surface area (Å²) in [4.78, 5) is 6.77. The lowest BCUT2D eigenvalue weighted by Gasteiger charge is -2.32. The molecule has 1 aliphatic heterocycles. The summed E-state index contributed by atoms with van der Waals surface area (Å²) in [7, 11) is 0. The third kappa shape index (κ3) is 3.64. The van der Waals surface area contributed by atoms with Gasteiger partial charge in [0.2, 0.25) is 0 Å². The molecule has 25 heavy (non-hydrogen) atoms. The average molecular weight is 332 g/mol. The van der Waals surface area contributed by atoms with E-state index in [1.165, 1.54) is 40.8 Å². The Kier molecular flexibility index (Phi) is 4.61. The van der Waals surface area contributed by atoms with Gasteiger partial charge in [-0.05, 0) is 43.5 Å². The highest BCUT2D eigenvalue weighted by molar-refractivity contribution is 5.66. The van der Waals surface area contributed by atoms with Crippen molar-refractivity contribution in [2.45, 2.75) is 32.2 Å². The van der Waals surface area contributed by atoms with Crippen molar-refractivity contribution in [3.05, 3.63) is 71.8 Å². The second-order valence-corrected chi connectivity index (χ2v) is 7.00. The molecule has 4 nitrogen and oxygen atoms in total. The first-order chi connectivity index (χ1) is 12.3. The first-order valence-corrected chi connectivity index (χ1v) is 9.01. The Morgan fingerprint density at radius 2 is 2.04 bits per heavy atom. The summed E-state index contributed by atoms with van der Waals surface area (Å²) < 4.78 is 0. The average Bonchev–Trinajstić information content (AvgIpc) is 3.13. The third-order valence-electron chi connectivity index (χ3n) is 5.07. The Balaban J connectivity index is 1.52. The maximum atomic E-state index is 4.35. The van der Waals surface area contributed by atoms with Crippen LogP contribution in [0.25, 0.3) is 11.1 Å². The highest BCUT2D eigenvalue weighted by atomic mass is 15.2. The van der Waals surface area contributed by atoms with E-state index in [9.17, 15) is 0 Å². The zero-order valence-corrected chi connectivity index (χ0v) is 14.7. The number of hydrogen-bond donors (Lipinski definition) is 1. The molecule has 0 saturated carbocycles. The van der Waals surface area contributed by atoms with Crippen LogP contribution in [0.1, 0.15) is 35.6 Å². The van der Waals surface area contributed by atoms with E-state index < -0.39 is 0 Å². The van der Waals surface area contributed by atoms with Crippen molar-refractivity contribution in [3.8, 4) is 11.1 Å². The molecule has 1 fully saturated rings. The van der Waals surface area contributed by atoms with Gasteiger partial charge in [-0.3, -0.25) is 15.0 Å². The van der Waals surface area contributed by atoms with Gasteiger partial charge in [-0.25, -0.2) is 0 Å². The fourth-order valence-corrected chi connectivity index (χ4v) is 3.76. The normalized spacial score (nSPS) is 18.4. The van der Waals surface area contributed by atoms with Crippen molar-refractivity contribution in [3.63, 3.8) is 0 Å². The van der Waals surface area contributed by atoms with E-state index in [4.69, 9.17) is 0 Å².